The number of rotatable bonds is 11. The summed E-state index contributed by atoms with van der Waals surface area (Å²) in [4.78, 5) is 7.24. The number of nitrogens with zero attached hydrogens (tertiary/aromatic N) is 2. The van der Waals surface area contributed by atoms with Crippen LogP contribution in [0.3, 0.4) is 0 Å². The van der Waals surface area contributed by atoms with Gasteiger partial charge in [0.05, 0.1) is 26.6 Å². The van der Waals surface area contributed by atoms with Gasteiger partial charge in [0, 0.05) is 45.7 Å². The number of ether oxygens (including phenoxy) is 2. The lowest BCUT2D eigenvalue weighted by molar-refractivity contribution is 0.0377. The second kappa shape index (κ2) is 15.1. The number of halogens is 1. The Balaban J connectivity index is 0.00000363. The quantitative estimate of drug-likeness (QED) is 0.192. The highest BCUT2D eigenvalue weighted by molar-refractivity contribution is 14.0. The number of hydrogen-bond acceptors (Lipinski definition) is 5. The van der Waals surface area contributed by atoms with Gasteiger partial charge in [-0.05, 0) is 43.5 Å². The first kappa shape index (κ1) is 26.5. The first-order valence-electron chi connectivity index (χ1n) is 11.2. The molecule has 0 unspecified atom stereocenters. The largest absolute Gasteiger partial charge is 0.496 e. The Morgan fingerprint density at radius 3 is 2.62 bits per heavy atom. The van der Waals surface area contributed by atoms with Crippen LogP contribution in [0.1, 0.15) is 23.3 Å². The van der Waals surface area contributed by atoms with Crippen molar-refractivity contribution in [3.8, 4) is 5.75 Å². The van der Waals surface area contributed by atoms with Crippen LogP contribution in [0.15, 0.2) is 46.0 Å². The number of aryl methyl sites for hydroxylation is 1. The zero-order valence-electron chi connectivity index (χ0n) is 19.3. The molecule has 1 aliphatic heterocycles. The van der Waals surface area contributed by atoms with Crippen LogP contribution in [0.5, 0.6) is 5.75 Å². The number of aliphatic imine (C=N–C) groups is 1. The van der Waals surface area contributed by atoms with Crippen molar-refractivity contribution in [3.05, 3.63) is 53.5 Å². The molecule has 0 bridgehead atoms. The van der Waals surface area contributed by atoms with E-state index >= 15 is 0 Å². The molecule has 0 radical (unpaired) electrons. The Bertz CT molecular complexity index is 793. The first-order chi connectivity index (χ1) is 15.2. The van der Waals surface area contributed by atoms with E-state index in [2.05, 4.69) is 34.6 Å². The van der Waals surface area contributed by atoms with Gasteiger partial charge in [0.1, 0.15) is 11.5 Å². The van der Waals surface area contributed by atoms with E-state index in [4.69, 9.17) is 18.9 Å². The van der Waals surface area contributed by atoms with Crippen LogP contribution in [0.2, 0.25) is 0 Å². The second-order valence-electron chi connectivity index (χ2n) is 7.79. The van der Waals surface area contributed by atoms with Crippen LogP contribution in [0.25, 0.3) is 0 Å². The van der Waals surface area contributed by atoms with Crippen molar-refractivity contribution in [1.82, 2.24) is 15.5 Å². The molecule has 32 heavy (non-hydrogen) atoms. The van der Waals surface area contributed by atoms with Gasteiger partial charge in [0.2, 0.25) is 0 Å². The van der Waals surface area contributed by atoms with Gasteiger partial charge in [-0.1, -0.05) is 17.7 Å². The number of furan rings is 1. The maximum atomic E-state index is 5.50. The van der Waals surface area contributed by atoms with Crippen LogP contribution in [-0.4, -0.2) is 70.5 Å². The highest BCUT2D eigenvalue weighted by atomic mass is 127. The predicted octanol–water partition coefficient (Wildman–Crippen LogP) is 3.26. The molecule has 1 aliphatic rings. The van der Waals surface area contributed by atoms with Gasteiger partial charge in [-0.3, -0.25) is 9.89 Å². The molecule has 178 valence electrons. The third kappa shape index (κ3) is 9.38. The van der Waals surface area contributed by atoms with E-state index in [1.807, 2.05) is 18.2 Å². The van der Waals surface area contributed by atoms with Gasteiger partial charge < -0.3 is 24.5 Å². The number of nitrogens with one attached hydrogen (secondary N) is 2. The molecule has 0 spiro atoms. The summed E-state index contributed by atoms with van der Waals surface area (Å²) in [5, 5.41) is 6.91. The zero-order valence-corrected chi connectivity index (χ0v) is 21.6. The molecule has 1 aromatic heterocycles. The minimum absolute atomic E-state index is 0. The number of benzene rings is 1. The predicted molar refractivity (Wildman–Crippen MR) is 139 cm³/mol. The Morgan fingerprint density at radius 2 is 1.91 bits per heavy atom. The fourth-order valence-electron chi connectivity index (χ4n) is 3.66. The van der Waals surface area contributed by atoms with Gasteiger partial charge in [-0.2, -0.15) is 0 Å². The highest BCUT2D eigenvalue weighted by Gasteiger charge is 2.09. The first-order valence-corrected chi connectivity index (χ1v) is 11.2. The Kier molecular flexibility index (Phi) is 12.5. The average Bonchev–Trinajstić information content (AvgIpc) is 3.31. The van der Waals surface area contributed by atoms with E-state index in [9.17, 15) is 0 Å². The van der Waals surface area contributed by atoms with Crippen molar-refractivity contribution in [2.45, 2.75) is 26.2 Å². The number of morpholine rings is 1. The normalized spacial score (nSPS) is 14.6. The van der Waals surface area contributed by atoms with Gasteiger partial charge in [0.25, 0.3) is 0 Å². The molecular weight excluding hydrogens is 519 g/mol. The molecule has 2 aromatic rings. The van der Waals surface area contributed by atoms with Gasteiger partial charge >= 0.3 is 0 Å². The lowest BCUT2D eigenvalue weighted by Gasteiger charge is -2.26. The molecule has 3 rings (SSSR count). The second-order valence-corrected chi connectivity index (χ2v) is 7.79. The third-order valence-corrected chi connectivity index (χ3v) is 5.37. The lowest BCUT2D eigenvalue weighted by atomic mass is 10.1. The summed E-state index contributed by atoms with van der Waals surface area (Å²) < 4.78 is 16.3. The fourth-order valence-corrected chi connectivity index (χ4v) is 3.66. The van der Waals surface area contributed by atoms with Crippen molar-refractivity contribution in [3.63, 3.8) is 0 Å². The zero-order chi connectivity index (χ0) is 21.7. The summed E-state index contributed by atoms with van der Waals surface area (Å²) in [6.45, 7) is 9.25. The molecule has 0 saturated carbocycles. The summed E-state index contributed by atoms with van der Waals surface area (Å²) in [5.74, 6) is 2.76. The molecule has 0 atom stereocenters. The van der Waals surface area contributed by atoms with E-state index in [1.54, 1.807) is 13.4 Å². The van der Waals surface area contributed by atoms with Crippen molar-refractivity contribution in [1.29, 1.82) is 0 Å². The minimum atomic E-state index is 0. The van der Waals surface area contributed by atoms with Crippen molar-refractivity contribution >= 4 is 29.9 Å². The van der Waals surface area contributed by atoms with Gasteiger partial charge in [0.15, 0.2) is 5.96 Å². The summed E-state index contributed by atoms with van der Waals surface area (Å²) >= 11 is 0. The molecule has 1 fully saturated rings. The Labute approximate surface area is 209 Å². The van der Waals surface area contributed by atoms with E-state index in [1.165, 1.54) is 11.1 Å². The van der Waals surface area contributed by atoms with E-state index < -0.39 is 0 Å². The van der Waals surface area contributed by atoms with Crippen LogP contribution >= 0.6 is 24.0 Å². The molecular formula is C24H37IN4O3. The van der Waals surface area contributed by atoms with Crippen LogP contribution in [-0.2, 0) is 17.6 Å². The summed E-state index contributed by atoms with van der Waals surface area (Å²) in [7, 11) is 1.72. The van der Waals surface area contributed by atoms with E-state index in [0.29, 0.717) is 0 Å². The third-order valence-electron chi connectivity index (χ3n) is 5.37. The minimum Gasteiger partial charge on any atom is -0.496 e. The van der Waals surface area contributed by atoms with Gasteiger partial charge in [-0.15, -0.1) is 24.0 Å². The number of guanidine groups is 1. The lowest BCUT2D eigenvalue weighted by Crippen LogP contribution is -2.40. The smallest absolute Gasteiger partial charge is 0.191 e. The maximum absolute atomic E-state index is 5.50. The number of hydrogen-bond donors (Lipinski definition) is 2. The van der Waals surface area contributed by atoms with E-state index in [-0.39, 0.29) is 24.0 Å². The summed E-state index contributed by atoms with van der Waals surface area (Å²) in [5.41, 5.74) is 2.45. The summed E-state index contributed by atoms with van der Waals surface area (Å²) in [6.07, 6.45) is 4.45. The van der Waals surface area contributed by atoms with Gasteiger partial charge in [-0.25, -0.2) is 0 Å². The van der Waals surface area contributed by atoms with Crippen molar-refractivity contribution < 1.29 is 13.9 Å². The molecule has 2 heterocycles. The topological polar surface area (TPSA) is 71.3 Å². The fraction of sp³-hybridized carbons (Fsp3) is 0.542. The number of methoxy groups -OCH3 is 1. The molecule has 2 N–H and O–H groups in total. The monoisotopic (exact) mass is 556 g/mol. The SMILES string of the molecule is COc1ccc(C)cc1CCNC(=NCCCN1CCOCC1)NCCc1ccco1.I. The van der Waals surface area contributed by atoms with Crippen molar-refractivity contribution in [2.75, 3.05) is 59.6 Å². The van der Waals surface area contributed by atoms with E-state index in [0.717, 1.165) is 89.2 Å². The van der Waals surface area contributed by atoms with Crippen LogP contribution in [0, 0.1) is 6.92 Å². The maximum Gasteiger partial charge on any atom is 0.191 e. The average molecular weight is 556 g/mol. The molecule has 0 aliphatic carbocycles. The molecule has 7 nitrogen and oxygen atoms in total. The standard InChI is InChI=1S/C24H36N4O3.HI/c1-20-6-7-23(29-2)21(19-20)8-11-26-24(27-12-9-22-5-3-16-31-22)25-10-4-13-28-14-17-30-18-15-28;/h3,5-7,16,19H,4,8-15,17-18H2,1-2H3,(H2,25,26,27);1H. The van der Waals surface area contributed by atoms with Crippen molar-refractivity contribution in [2.24, 2.45) is 4.99 Å². The molecule has 8 heteroatoms. The Morgan fingerprint density at radius 1 is 1.12 bits per heavy atom. The highest BCUT2D eigenvalue weighted by Crippen LogP contribution is 2.19. The molecule has 1 saturated heterocycles. The Hall–Kier alpha value is -1.78. The summed E-state index contributed by atoms with van der Waals surface area (Å²) in [6, 6.07) is 10.2. The molecule has 0 amide bonds. The van der Waals surface area contributed by atoms with Crippen LogP contribution < -0.4 is 15.4 Å². The molecule has 1 aromatic carbocycles. The van der Waals surface area contributed by atoms with Crippen LogP contribution in [0.4, 0.5) is 0 Å².